The molecule has 2 aliphatic carbocycles. The van der Waals surface area contributed by atoms with E-state index in [9.17, 15) is 19.8 Å². The fourth-order valence-corrected chi connectivity index (χ4v) is 8.58. The normalized spacial score (nSPS) is 20.1. The first-order valence-electron chi connectivity index (χ1n) is 23.8. The molecule has 0 unspecified atom stereocenters. The molecule has 0 spiro atoms. The van der Waals surface area contributed by atoms with Crippen molar-refractivity contribution in [3.63, 3.8) is 0 Å². The molecule has 7 heterocycles. The van der Waals surface area contributed by atoms with E-state index in [4.69, 9.17) is 35.6 Å². The summed E-state index contributed by atoms with van der Waals surface area (Å²) in [6.45, 7) is 8.41. The molecule has 2 aliphatic heterocycles. The highest BCUT2D eigenvalue weighted by molar-refractivity contribution is 6.29. The number of amides is 2. The van der Waals surface area contributed by atoms with Crippen LogP contribution in [0.5, 0.6) is 0 Å². The number of halogens is 1. The number of nitrogens with zero attached hydrogens (tertiary/aromatic N) is 8. The highest BCUT2D eigenvalue weighted by atomic mass is 35.5. The van der Waals surface area contributed by atoms with Crippen molar-refractivity contribution in [1.29, 1.82) is 0 Å². The van der Waals surface area contributed by atoms with Crippen LogP contribution < -0.4 is 21.3 Å². The lowest BCUT2D eigenvalue weighted by molar-refractivity contribution is -0.150. The van der Waals surface area contributed by atoms with E-state index in [1.54, 1.807) is 50.5 Å². The van der Waals surface area contributed by atoms with Gasteiger partial charge in [-0.1, -0.05) is 35.9 Å². The number of hydrogen-bond acceptors (Lipinski definition) is 15. The zero-order valence-corrected chi connectivity index (χ0v) is 40.8. The van der Waals surface area contributed by atoms with Crippen LogP contribution in [-0.4, -0.2) is 135 Å². The minimum Gasteiger partial charge on any atom is -0.388 e. The van der Waals surface area contributed by atoms with Gasteiger partial charge in [-0.3, -0.25) is 14.3 Å². The van der Waals surface area contributed by atoms with E-state index >= 15 is 0 Å². The third-order valence-electron chi connectivity index (χ3n) is 12.6. The van der Waals surface area contributed by atoms with Crippen LogP contribution in [0.4, 0.5) is 11.4 Å². The molecule has 6 N–H and O–H groups in total. The first kappa shape index (κ1) is 48.1. The van der Waals surface area contributed by atoms with Crippen molar-refractivity contribution in [3.8, 4) is 33.9 Å². The van der Waals surface area contributed by atoms with E-state index in [0.717, 1.165) is 53.9 Å². The molecule has 2 amide bonds. The minimum absolute atomic E-state index is 0.0566. The highest BCUT2D eigenvalue weighted by Gasteiger charge is 2.38. The summed E-state index contributed by atoms with van der Waals surface area (Å²) < 4.78 is 27.8. The molecule has 20 nitrogen and oxygen atoms in total. The molecular weight excluding hydrogens is 932 g/mol. The number of benzene rings is 2. The lowest BCUT2D eigenvalue weighted by Crippen LogP contribution is -2.35. The molecule has 7 aromatic rings. The zero-order chi connectivity index (χ0) is 49.6. The van der Waals surface area contributed by atoms with Crippen molar-refractivity contribution in [2.24, 2.45) is 7.05 Å². The number of carbonyl (C=O) groups excluding carboxylic acids is 2. The smallest absolute Gasteiger partial charge is 0.251 e. The van der Waals surface area contributed by atoms with Crippen LogP contribution in [0.2, 0.25) is 5.15 Å². The van der Waals surface area contributed by atoms with E-state index in [1.165, 1.54) is 0 Å². The van der Waals surface area contributed by atoms with Gasteiger partial charge in [0.15, 0.2) is 28.0 Å². The summed E-state index contributed by atoms with van der Waals surface area (Å²) in [5, 5.41) is 47.7. The Hall–Kier alpha value is -6.52. The molecule has 0 radical (unpaired) electrons. The molecule has 4 fully saturated rings. The molecular formula is C50H57ClN12O8. The van der Waals surface area contributed by atoms with E-state index in [-0.39, 0.29) is 30.1 Å². The number of carbonyl (C=O) groups is 2. The van der Waals surface area contributed by atoms with Gasteiger partial charge < -0.3 is 50.4 Å². The Kier molecular flexibility index (Phi) is 13.3. The maximum Gasteiger partial charge on any atom is 0.251 e. The number of imidazole rings is 2. The Balaban J connectivity index is 0.000000166. The minimum atomic E-state index is -0.783. The van der Waals surface area contributed by atoms with E-state index in [0.29, 0.717) is 64.8 Å². The molecule has 5 aromatic heterocycles. The monoisotopic (exact) mass is 988 g/mol. The third-order valence-corrected chi connectivity index (χ3v) is 12.8. The topological polar surface area (TPSA) is 238 Å². The van der Waals surface area contributed by atoms with Crippen molar-refractivity contribution in [2.75, 3.05) is 36.9 Å². The largest absolute Gasteiger partial charge is 0.388 e. The summed E-state index contributed by atoms with van der Waals surface area (Å²) in [4.78, 5) is 33.8. The fraction of sp³-hybridized carbons (Fsp3) is 0.420. The molecule has 2 saturated carbocycles. The molecule has 4 aliphatic rings. The number of anilines is 2. The highest BCUT2D eigenvalue weighted by Crippen LogP contribution is 2.32. The number of nitrogens with one attached hydrogen (secondary N) is 4. The average Bonchev–Trinajstić information content (AvgIpc) is 4.04. The third kappa shape index (κ3) is 11.0. The van der Waals surface area contributed by atoms with Crippen LogP contribution in [0.25, 0.3) is 45.2 Å². The molecule has 2 aromatic carbocycles. The number of fused-ring (bicyclic) bond motifs is 2. The summed E-state index contributed by atoms with van der Waals surface area (Å²) in [5.41, 5.74) is 8.52. The molecule has 0 bridgehead atoms. The van der Waals surface area contributed by atoms with Crippen LogP contribution in [0, 0.1) is 0 Å². The number of rotatable bonds is 15. The van der Waals surface area contributed by atoms with Gasteiger partial charge in [0.05, 0.1) is 66.3 Å². The predicted octanol–water partition coefficient (Wildman–Crippen LogP) is 5.48. The SMILES string of the molecule is CC1(C)OC[C@H]([C@@H](O)CNc2cc(Cl)nn3c(-c4ccc(C(=O)NC5CC5)cc4)cnc23)O1.Cn1nccc1-c1cc(NC[C@H](O)[C@H]2COC(C)(C)O2)c2ncc(-c3ccc(C(=O)NC4CC4)cc3)n2n1. The number of aromatic nitrogens is 8. The van der Waals surface area contributed by atoms with Crippen molar-refractivity contribution in [3.05, 3.63) is 102 Å². The lowest BCUT2D eigenvalue weighted by atomic mass is 10.1. The van der Waals surface area contributed by atoms with Crippen LogP contribution in [0.15, 0.2) is 85.3 Å². The quantitative estimate of drug-likeness (QED) is 0.0746. The van der Waals surface area contributed by atoms with Crippen LogP contribution >= 0.6 is 11.6 Å². The molecule has 372 valence electrons. The fourth-order valence-electron chi connectivity index (χ4n) is 8.39. The maximum absolute atomic E-state index is 12.4. The van der Waals surface area contributed by atoms with Gasteiger partial charge in [0.25, 0.3) is 11.8 Å². The second-order valence-corrected chi connectivity index (χ2v) is 19.6. The Morgan fingerprint density at radius 2 is 1.15 bits per heavy atom. The van der Waals surface area contributed by atoms with Crippen LogP contribution in [-0.2, 0) is 26.0 Å². The zero-order valence-electron chi connectivity index (χ0n) is 40.0. The number of ether oxygens (including phenoxy) is 4. The van der Waals surface area contributed by atoms with Crippen molar-refractivity contribution in [1.82, 2.24) is 49.6 Å². The van der Waals surface area contributed by atoms with Gasteiger partial charge in [0.2, 0.25) is 0 Å². The van der Waals surface area contributed by atoms with Gasteiger partial charge in [-0.2, -0.15) is 15.3 Å². The van der Waals surface area contributed by atoms with Gasteiger partial charge >= 0.3 is 0 Å². The molecule has 11 rings (SSSR count). The van der Waals surface area contributed by atoms with Gasteiger partial charge in [-0.05, 0) is 89.8 Å². The Morgan fingerprint density at radius 1 is 0.690 bits per heavy atom. The van der Waals surface area contributed by atoms with Gasteiger partial charge in [-0.15, -0.1) is 0 Å². The Labute approximate surface area is 414 Å². The summed E-state index contributed by atoms with van der Waals surface area (Å²) in [7, 11) is 1.86. The standard InChI is InChI=1S/C27H31N7O4.C23H26ClN5O4/c1-27(2)37-15-24(38-27)23(35)14-28-20-12-19(21-10-11-30-33(21)3)32-34-22(13-29-25(20)34)16-4-6-17(7-5-16)26(36)31-18-8-9-18;1-23(2)32-12-19(33-23)18(30)11-25-16-9-20(24)28-29-17(10-26-21(16)29)13-3-5-14(6-4-13)22(31)27-15-7-8-15/h4-7,10-13,18,23-24,28,35H,8-9,14-15H2,1-3H3,(H,31,36);3-6,9-10,15,18-19,25,30H,7-8,11-12H2,1-2H3,(H,27,31)/t23-,24+;18-,19+/m00/s1. The molecule has 71 heavy (non-hydrogen) atoms. The van der Waals surface area contributed by atoms with Crippen molar-refractivity contribution in [2.45, 2.75) is 101 Å². The van der Waals surface area contributed by atoms with Gasteiger partial charge in [0, 0.05) is 66.7 Å². The summed E-state index contributed by atoms with van der Waals surface area (Å²) in [6.07, 6.45) is 6.95. The average molecular weight is 990 g/mol. The second kappa shape index (κ2) is 19.6. The first-order valence-corrected chi connectivity index (χ1v) is 24.2. The number of hydrogen-bond donors (Lipinski definition) is 6. The lowest BCUT2D eigenvalue weighted by Gasteiger charge is -2.21. The van der Waals surface area contributed by atoms with Crippen molar-refractivity contribution < 1.29 is 38.7 Å². The van der Waals surface area contributed by atoms with Gasteiger partial charge in [0.1, 0.15) is 17.9 Å². The summed E-state index contributed by atoms with van der Waals surface area (Å²) in [5.74, 6) is -1.54. The van der Waals surface area contributed by atoms with E-state index < -0.39 is 36.0 Å². The predicted molar refractivity (Wildman–Crippen MR) is 264 cm³/mol. The van der Waals surface area contributed by atoms with Crippen molar-refractivity contribution >= 4 is 46.1 Å². The maximum atomic E-state index is 12.4. The van der Waals surface area contributed by atoms with Gasteiger partial charge in [-0.25, -0.2) is 19.0 Å². The number of aliphatic hydroxyl groups excluding tert-OH is 2. The summed E-state index contributed by atoms with van der Waals surface area (Å²) >= 11 is 6.28. The Morgan fingerprint density at radius 3 is 1.58 bits per heavy atom. The number of aliphatic hydroxyl groups is 2. The van der Waals surface area contributed by atoms with E-state index in [2.05, 4.69) is 41.4 Å². The second-order valence-electron chi connectivity index (χ2n) is 19.2. The molecule has 21 heteroatoms. The molecule has 4 atom stereocenters. The summed E-state index contributed by atoms with van der Waals surface area (Å²) in [6, 6.07) is 20.8. The van der Waals surface area contributed by atoms with Crippen LogP contribution in [0.3, 0.4) is 0 Å². The Bertz CT molecular complexity index is 3060. The number of aryl methyl sites for hydroxylation is 1. The van der Waals surface area contributed by atoms with E-state index in [1.807, 2.05) is 83.3 Å². The first-order chi connectivity index (χ1) is 34.1. The molecule has 2 saturated heterocycles. The van der Waals surface area contributed by atoms with Crippen LogP contribution in [0.1, 0.15) is 74.1 Å².